The zero-order chi connectivity index (χ0) is 18.6. The van der Waals surface area contributed by atoms with Gasteiger partial charge in [0.25, 0.3) is 0 Å². The number of hydrogen-bond donors (Lipinski definition) is 3. The molecular weight excluding hydrogens is 342 g/mol. The average Bonchev–Trinajstić information content (AvgIpc) is 3.07. The molecule has 2 rings (SSSR count). The maximum absolute atomic E-state index is 12.2. The van der Waals surface area contributed by atoms with Gasteiger partial charge in [-0.15, -0.1) is 0 Å². The Morgan fingerprint density at radius 3 is 2.52 bits per heavy atom. The molecule has 0 saturated carbocycles. The van der Waals surface area contributed by atoms with Gasteiger partial charge < -0.3 is 10.4 Å². The molecule has 7 nitrogen and oxygen atoms in total. The van der Waals surface area contributed by atoms with E-state index in [0.717, 1.165) is 38.8 Å². The van der Waals surface area contributed by atoms with E-state index in [9.17, 15) is 18.3 Å². The number of hydrogen-bond acceptors (Lipinski definition) is 5. The van der Waals surface area contributed by atoms with Crippen LogP contribution in [0.1, 0.15) is 61.5 Å². The van der Waals surface area contributed by atoms with Crippen molar-refractivity contribution in [1.29, 1.82) is 0 Å². The van der Waals surface area contributed by atoms with Crippen LogP contribution in [0.3, 0.4) is 0 Å². The quantitative estimate of drug-likeness (QED) is 0.607. The molecule has 0 amide bonds. The maximum atomic E-state index is 12.2. The molecule has 1 aliphatic heterocycles. The number of nitrogens with two attached hydrogens (primary N) is 1. The molecule has 25 heavy (non-hydrogen) atoms. The summed E-state index contributed by atoms with van der Waals surface area (Å²) in [5, 5.41) is 18.0. The summed E-state index contributed by atoms with van der Waals surface area (Å²) >= 11 is 0. The molecule has 0 radical (unpaired) electrons. The van der Waals surface area contributed by atoms with E-state index in [1.54, 1.807) is 0 Å². The van der Waals surface area contributed by atoms with Gasteiger partial charge in [0.05, 0.1) is 10.5 Å². The van der Waals surface area contributed by atoms with Crippen molar-refractivity contribution < 1.29 is 18.3 Å². The van der Waals surface area contributed by atoms with Crippen LogP contribution in [0.5, 0.6) is 0 Å². The lowest BCUT2D eigenvalue weighted by molar-refractivity contribution is 0.0696. The Kier molecular flexibility index (Phi) is 6.42. The third-order valence-electron chi connectivity index (χ3n) is 4.65. The fraction of sp³-hybridized carbons (Fsp3) is 0.588. The largest absolute Gasteiger partial charge is 0.478 e. The number of nitrogens with one attached hydrogen (secondary N) is 1. The van der Waals surface area contributed by atoms with Gasteiger partial charge in [0.15, 0.2) is 0 Å². The van der Waals surface area contributed by atoms with Gasteiger partial charge in [-0.2, -0.15) is 0 Å². The maximum Gasteiger partial charge on any atom is 0.335 e. The van der Waals surface area contributed by atoms with Crippen LogP contribution in [0.15, 0.2) is 17.0 Å². The fourth-order valence-corrected chi connectivity index (χ4v) is 4.15. The van der Waals surface area contributed by atoms with Crippen LogP contribution in [0, 0.1) is 0 Å². The van der Waals surface area contributed by atoms with Gasteiger partial charge in [0, 0.05) is 23.8 Å². The monoisotopic (exact) mass is 369 g/mol. The second-order valence-electron chi connectivity index (χ2n) is 6.49. The number of rotatable bonds is 8. The first kappa shape index (κ1) is 19.7. The molecule has 1 fully saturated rings. The van der Waals surface area contributed by atoms with E-state index in [0.29, 0.717) is 17.8 Å². The number of benzene rings is 1. The summed E-state index contributed by atoms with van der Waals surface area (Å²) in [5.41, 5.74) is 1.02. The van der Waals surface area contributed by atoms with Crippen molar-refractivity contribution in [2.24, 2.45) is 5.14 Å². The van der Waals surface area contributed by atoms with Gasteiger partial charge in [0.2, 0.25) is 10.0 Å². The Morgan fingerprint density at radius 1 is 1.36 bits per heavy atom. The summed E-state index contributed by atoms with van der Waals surface area (Å²) in [5.74, 6) is -1.18. The minimum Gasteiger partial charge on any atom is -0.478 e. The highest BCUT2D eigenvalue weighted by Gasteiger charge is 2.29. The molecule has 140 valence electrons. The van der Waals surface area contributed by atoms with Crippen LogP contribution in [0.4, 0.5) is 5.69 Å². The van der Waals surface area contributed by atoms with Crippen molar-refractivity contribution in [1.82, 2.24) is 4.90 Å². The predicted octanol–water partition coefficient (Wildman–Crippen LogP) is 2.40. The first-order valence-corrected chi connectivity index (χ1v) is 10.2. The lowest BCUT2D eigenvalue weighted by Gasteiger charge is -2.28. The van der Waals surface area contributed by atoms with E-state index in [4.69, 9.17) is 5.14 Å². The van der Waals surface area contributed by atoms with E-state index in [1.807, 2.05) is 6.92 Å². The molecule has 1 heterocycles. The molecule has 8 heteroatoms. The third kappa shape index (κ3) is 4.71. The molecular formula is C17H27N3O4S. The van der Waals surface area contributed by atoms with Gasteiger partial charge in [-0.05, 0) is 51.4 Å². The number of anilines is 1. The summed E-state index contributed by atoms with van der Waals surface area (Å²) in [4.78, 5) is 13.5. The first-order chi connectivity index (χ1) is 11.8. The number of carboxylic acids is 1. The number of likely N-dealkylation sites (tertiary alicyclic amines) is 1. The van der Waals surface area contributed by atoms with E-state index in [2.05, 4.69) is 17.1 Å². The lowest BCUT2D eigenvalue weighted by Crippen LogP contribution is -2.27. The zero-order valence-corrected chi connectivity index (χ0v) is 15.6. The minimum absolute atomic E-state index is 0.0830. The SMILES string of the molecule is CCCCNc1cc(C(=O)O)cc(S(N)(=O)=O)c1C(C)N1CCCC1. The minimum atomic E-state index is -4.05. The van der Waals surface area contributed by atoms with Crippen LogP contribution < -0.4 is 10.5 Å². The zero-order valence-electron chi connectivity index (χ0n) is 14.8. The number of carbonyl (C=O) groups is 1. The van der Waals surface area contributed by atoms with E-state index < -0.39 is 16.0 Å². The Bertz CT molecular complexity index is 728. The third-order valence-corrected chi connectivity index (χ3v) is 5.60. The topological polar surface area (TPSA) is 113 Å². The summed E-state index contributed by atoms with van der Waals surface area (Å²) in [7, 11) is -4.05. The molecule has 0 aromatic heterocycles. The average molecular weight is 369 g/mol. The Morgan fingerprint density at radius 2 is 2.00 bits per heavy atom. The standard InChI is InChI=1S/C17H27N3O4S/c1-3-4-7-19-14-10-13(17(21)22)11-15(25(18,23)24)16(14)12(2)20-8-5-6-9-20/h10-12,19H,3-9H2,1-2H3,(H,21,22)(H2,18,23,24). The van der Waals surface area contributed by atoms with Crippen molar-refractivity contribution in [3.63, 3.8) is 0 Å². The molecule has 1 aromatic carbocycles. The number of aromatic carboxylic acids is 1. The molecule has 1 aliphatic rings. The molecule has 1 atom stereocenters. The van der Waals surface area contributed by atoms with Crippen LogP contribution in [-0.2, 0) is 10.0 Å². The number of primary sulfonamides is 1. The summed E-state index contributed by atoms with van der Waals surface area (Å²) in [6, 6.07) is 2.52. The molecule has 1 unspecified atom stereocenters. The van der Waals surface area contributed by atoms with Gasteiger partial charge in [-0.3, -0.25) is 4.90 Å². The van der Waals surface area contributed by atoms with Gasteiger partial charge in [0.1, 0.15) is 0 Å². The second-order valence-corrected chi connectivity index (χ2v) is 8.02. The van der Waals surface area contributed by atoms with Crippen LogP contribution >= 0.6 is 0 Å². The van der Waals surface area contributed by atoms with E-state index >= 15 is 0 Å². The van der Waals surface area contributed by atoms with Gasteiger partial charge in [-0.25, -0.2) is 18.4 Å². The van der Waals surface area contributed by atoms with Crippen molar-refractivity contribution in [3.8, 4) is 0 Å². The molecule has 0 spiro atoms. The highest BCUT2D eigenvalue weighted by molar-refractivity contribution is 7.89. The number of carboxylic acid groups (broad SMARTS) is 1. The first-order valence-electron chi connectivity index (χ1n) is 8.67. The normalized spacial score (nSPS) is 16.8. The highest BCUT2D eigenvalue weighted by Crippen LogP contribution is 2.36. The number of nitrogens with zero attached hydrogens (tertiary/aromatic N) is 1. The Labute approximate surface area is 149 Å². The van der Waals surface area contributed by atoms with E-state index in [1.165, 1.54) is 12.1 Å². The molecule has 4 N–H and O–H groups in total. The molecule has 0 bridgehead atoms. The van der Waals surface area contributed by atoms with Crippen LogP contribution in [0.25, 0.3) is 0 Å². The van der Waals surface area contributed by atoms with Crippen molar-refractivity contribution in [3.05, 3.63) is 23.3 Å². The Balaban J connectivity index is 2.59. The van der Waals surface area contributed by atoms with Crippen molar-refractivity contribution in [2.45, 2.75) is 50.5 Å². The second kappa shape index (κ2) is 8.16. The Hall–Kier alpha value is -1.64. The van der Waals surface area contributed by atoms with E-state index in [-0.39, 0.29) is 16.5 Å². The summed E-state index contributed by atoms with van der Waals surface area (Å²) in [6.45, 7) is 6.42. The fourth-order valence-electron chi connectivity index (χ4n) is 3.27. The lowest BCUT2D eigenvalue weighted by atomic mass is 10.0. The summed E-state index contributed by atoms with van der Waals surface area (Å²) in [6.07, 6.45) is 4.02. The molecule has 1 aromatic rings. The molecule has 0 aliphatic carbocycles. The van der Waals surface area contributed by atoms with Gasteiger partial charge in [-0.1, -0.05) is 13.3 Å². The van der Waals surface area contributed by atoms with Crippen molar-refractivity contribution in [2.75, 3.05) is 25.0 Å². The molecule has 1 saturated heterocycles. The summed E-state index contributed by atoms with van der Waals surface area (Å²) < 4.78 is 24.3. The van der Waals surface area contributed by atoms with Crippen molar-refractivity contribution >= 4 is 21.7 Å². The number of unbranched alkanes of at least 4 members (excludes halogenated alkanes) is 1. The number of sulfonamides is 1. The highest BCUT2D eigenvalue weighted by atomic mass is 32.2. The van der Waals surface area contributed by atoms with Crippen LogP contribution in [-0.4, -0.2) is 44.0 Å². The van der Waals surface area contributed by atoms with Crippen LogP contribution in [0.2, 0.25) is 0 Å². The van der Waals surface area contributed by atoms with Gasteiger partial charge >= 0.3 is 5.97 Å². The predicted molar refractivity (Wildman–Crippen MR) is 97.4 cm³/mol. The smallest absolute Gasteiger partial charge is 0.335 e.